The Bertz CT molecular complexity index is 353. The van der Waals surface area contributed by atoms with E-state index in [9.17, 15) is 0 Å². The number of aryl methyl sites for hydroxylation is 1. The lowest BCUT2D eigenvalue weighted by Gasteiger charge is -2.25. The van der Waals surface area contributed by atoms with Gasteiger partial charge in [-0.15, -0.1) is 0 Å². The van der Waals surface area contributed by atoms with Gasteiger partial charge in [0.25, 0.3) is 0 Å². The van der Waals surface area contributed by atoms with Gasteiger partial charge in [0.15, 0.2) is 0 Å². The van der Waals surface area contributed by atoms with Crippen LogP contribution < -0.4 is 5.73 Å². The van der Waals surface area contributed by atoms with Crippen LogP contribution in [0.1, 0.15) is 58.2 Å². The number of hydrogen-bond acceptors (Lipinski definition) is 5. The molecule has 1 rings (SSSR count). The Morgan fingerprint density at radius 1 is 1.32 bits per heavy atom. The van der Waals surface area contributed by atoms with E-state index in [0.29, 0.717) is 17.6 Å². The fourth-order valence-corrected chi connectivity index (χ4v) is 2.29. The molecule has 1 unspecified atom stereocenters. The maximum absolute atomic E-state index is 5.60. The van der Waals surface area contributed by atoms with E-state index in [-0.39, 0.29) is 0 Å². The molecule has 5 nitrogen and oxygen atoms in total. The molecular formula is C14H27N3O2. The van der Waals surface area contributed by atoms with E-state index >= 15 is 0 Å². The number of ether oxygens (including phenoxy) is 1. The Labute approximate surface area is 115 Å². The van der Waals surface area contributed by atoms with E-state index in [0.717, 1.165) is 38.6 Å². The summed E-state index contributed by atoms with van der Waals surface area (Å²) in [7, 11) is 1.70. The summed E-state index contributed by atoms with van der Waals surface area (Å²) in [5.74, 6) is 1.95. The van der Waals surface area contributed by atoms with Crippen LogP contribution in [0.2, 0.25) is 0 Å². The molecule has 19 heavy (non-hydrogen) atoms. The fourth-order valence-electron chi connectivity index (χ4n) is 2.29. The summed E-state index contributed by atoms with van der Waals surface area (Å²) in [6.07, 6.45) is 4.54. The molecule has 1 aromatic heterocycles. The van der Waals surface area contributed by atoms with Crippen molar-refractivity contribution in [2.24, 2.45) is 11.7 Å². The molecule has 0 aliphatic heterocycles. The van der Waals surface area contributed by atoms with Crippen LogP contribution in [-0.4, -0.2) is 23.8 Å². The van der Waals surface area contributed by atoms with Crippen LogP contribution in [0.4, 0.5) is 0 Å². The minimum Gasteiger partial charge on any atom is -0.370 e. The van der Waals surface area contributed by atoms with Crippen LogP contribution in [0, 0.1) is 5.92 Å². The summed E-state index contributed by atoms with van der Waals surface area (Å²) in [6, 6.07) is 0. The highest BCUT2D eigenvalue weighted by molar-refractivity contribution is 5.01. The molecule has 110 valence electrons. The first kappa shape index (κ1) is 16.1. The molecule has 0 aliphatic carbocycles. The number of rotatable bonds is 9. The first-order valence-corrected chi connectivity index (χ1v) is 7.20. The van der Waals surface area contributed by atoms with Gasteiger partial charge in [0.1, 0.15) is 5.60 Å². The van der Waals surface area contributed by atoms with Crippen molar-refractivity contribution >= 4 is 0 Å². The van der Waals surface area contributed by atoms with Gasteiger partial charge in [-0.2, -0.15) is 4.98 Å². The second-order valence-corrected chi connectivity index (χ2v) is 5.14. The van der Waals surface area contributed by atoms with Crippen molar-refractivity contribution < 1.29 is 9.26 Å². The Kier molecular flexibility index (Phi) is 6.45. The molecule has 0 saturated heterocycles. The topological polar surface area (TPSA) is 74.2 Å². The summed E-state index contributed by atoms with van der Waals surface area (Å²) < 4.78 is 10.9. The van der Waals surface area contributed by atoms with Crippen LogP contribution in [0.3, 0.4) is 0 Å². The molecule has 1 heterocycles. The molecule has 0 saturated carbocycles. The quantitative estimate of drug-likeness (QED) is 0.746. The van der Waals surface area contributed by atoms with Gasteiger partial charge in [0.05, 0.1) is 0 Å². The van der Waals surface area contributed by atoms with Crippen molar-refractivity contribution in [3.05, 3.63) is 11.7 Å². The maximum Gasteiger partial charge on any atom is 0.226 e. The van der Waals surface area contributed by atoms with Gasteiger partial charge in [0.2, 0.25) is 11.7 Å². The predicted octanol–water partition coefficient (Wildman–Crippen LogP) is 2.65. The second kappa shape index (κ2) is 7.60. The number of nitrogens with zero attached hydrogens (tertiary/aromatic N) is 2. The van der Waals surface area contributed by atoms with Crippen molar-refractivity contribution in [2.75, 3.05) is 13.7 Å². The van der Waals surface area contributed by atoms with Crippen LogP contribution in [-0.2, 0) is 16.8 Å². The lowest BCUT2D eigenvalue weighted by molar-refractivity contribution is -0.0306. The summed E-state index contributed by atoms with van der Waals surface area (Å²) in [5, 5.41) is 4.09. The zero-order valence-corrected chi connectivity index (χ0v) is 12.6. The summed E-state index contributed by atoms with van der Waals surface area (Å²) in [5.41, 5.74) is 5.13. The lowest BCUT2D eigenvalue weighted by Crippen LogP contribution is -2.28. The Morgan fingerprint density at radius 2 is 2.00 bits per heavy atom. The van der Waals surface area contributed by atoms with Crippen LogP contribution in [0.15, 0.2) is 4.52 Å². The molecule has 0 amide bonds. The highest BCUT2D eigenvalue weighted by Crippen LogP contribution is 2.30. The highest BCUT2D eigenvalue weighted by atomic mass is 16.5. The summed E-state index contributed by atoms with van der Waals surface area (Å²) >= 11 is 0. The molecule has 0 spiro atoms. The van der Waals surface area contributed by atoms with E-state index in [1.807, 2.05) is 0 Å². The van der Waals surface area contributed by atoms with Gasteiger partial charge in [-0.05, 0) is 38.1 Å². The molecule has 0 fully saturated rings. The first-order valence-electron chi connectivity index (χ1n) is 7.20. The largest absolute Gasteiger partial charge is 0.370 e. The molecule has 5 heteroatoms. The average molecular weight is 269 g/mol. The van der Waals surface area contributed by atoms with E-state index in [1.54, 1.807) is 7.11 Å². The maximum atomic E-state index is 5.60. The SMILES string of the molecule is CCC(CC)(OC)c1noc(CCC(C)CCN)n1. The van der Waals surface area contributed by atoms with Crippen LogP contribution in [0.5, 0.6) is 0 Å². The Balaban J connectivity index is 2.66. The third-order valence-electron chi connectivity index (χ3n) is 3.92. The predicted molar refractivity (Wildman–Crippen MR) is 74.7 cm³/mol. The minimum atomic E-state index is -0.412. The van der Waals surface area contributed by atoms with Gasteiger partial charge in [-0.1, -0.05) is 25.9 Å². The van der Waals surface area contributed by atoms with E-state index in [2.05, 4.69) is 30.9 Å². The molecule has 2 N–H and O–H groups in total. The molecule has 0 bridgehead atoms. The van der Waals surface area contributed by atoms with E-state index < -0.39 is 5.60 Å². The number of hydrogen-bond donors (Lipinski definition) is 1. The van der Waals surface area contributed by atoms with E-state index in [4.69, 9.17) is 15.0 Å². The minimum absolute atomic E-state index is 0.412. The standard InChI is InChI=1S/C14H27N3O2/c1-5-14(6-2,18-4)13-16-12(19-17-13)8-7-11(3)9-10-15/h11H,5-10,15H2,1-4H3. The number of nitrogens with two attached hydrogens (primary N) is 1. The highest BCUT2D eigenvalue weighted by Gasteiger charge is 2.33. The van der Waals surface area contributed by atoms with Gasteiger partial charge >= 0.3 is 0 Å². The normalized spacial score (nSPS) is 13.7. The van der Waals surface area contributed by atoms with E-state index in [1.165, 1.54) is 0 Å². The number of aromatic nitrogens is 2. The summed E-state index contributed by atoms with van der Waals surface area (Å²) in [4.78, 5) is 4.49. The average Bonchev–Trinajstić information content (AvgIpc) is 2.89. The number of methoxy groups -OCH3 is 1. The first-order chi connectivity index (χ1) is 9.11. The smallest absolute Gasteiger partial charge is 0.226 e. The van der Waals surface area contributed by atoms with Crippen molar-refractivity contribution in [1.29, 1.82) is 0 Å². The molecule has 1 atom stereocenters. The molecular weight excluding hydrogens is 242 g/mol. The molecule has 0 radical (unpaired) electrons. The Hall–Kier alpha value is -0.940. The van der Waals surface area contributed by atoms with Crippen molar-refractivity contribution in [3.8, 4) is 0 Å². The molecule has 0 aliphatic rings. The Morgan fingerprint density at radius 3 is 2.53 bits per heavy atom. The lowest BCUT2D eigenvalue weighted by atomic mass is 9.96. The monoisotopic (exact) mass is 269 g/mol. The molecule has 0 aromatic carbocycles. The second-order valence-electron chi connectivity index (χ2n) is 5.14. The van der Waals surface area contributed by atoms with Crippen molar-refractivity contribution in [2.45, 2.75) is 58.5 Å². The van der Waals surface area contributed by atoms with Gasteiger partial charge in [-0.3, -0.25) is 0 Å². The zero-order chi connectivity index (χ0) is 14.3. The fraction of sp³-hybridized carbons (Fsp3) is 0.857. The summed E-state index contributed by atoms with van der Waals surface area (Å²) in [6.45, 7) is 7.08. The van der Waals surface area contributed by atoms with Crippen molar-refractivity contribution in [3.63, 3.8) is 0 Å². The third kappa shape index (κ3) is 4.01. The van der Waals surface area contributed by atoms with Crippen LogP contribution >= 0.6 is 0 Å². The van der Waals surface area contributed by atoms with Crippen molar-refractivity contribution in [1.82, 2.24) is 10.1 Å². The van der Waals surface area contributed by atoms with Gasteiger partial charge < -0.3 is 15.0 Å². The molecule has 1 aromatic rings. The zero-order valence-electron chi connectivity index (χ0n) is 12.6. The van der Waals surface area contributed by atoms with Gasteiger partial charge in [0, 0.05) is 13.5 Å². The van der Waals surface area contributed by atoms with Gasteiger partial charge in [-0.25, -0.2) is 0 Å². The van der Waals surface area contributed by atoms with Crippen LogP contribution in [0.25, 0.3) is 0 Å². The third-order valence-corrected chi connectivity index (χ3v) is 3.92.